The summed E-state index contributed by atoms with van der Waals surface area (Å²) in [4.78, 5) is 11.9. The molecular formula is C17H18F3N3O. The van der Waals surface area contributed by atoms with E-state index in [2.05, 4.69) is 15.1 Å². The Hall–Kier alpha value is -2.57. The zero-order valence-corrected chi connectivity index (χ0v) is 13.6. The highest BCUT2D eigenvalue weighted by Gasteiger charge is 2.30. The molecule has 0 saturated heterocycles. The van der Waals surface area contributed by atoms with Gasteiger partial charge in [0.1, 0.15) is 0 Å². The third-order valence-electron chi connectivity index (χ3n) is 3.75. The fourth-order valence-electron chi connectivity index (χ4n) is 2.51. The molecule has 2 aromatic rings. The van der Waals surface area contributed by atoms with Gasteiger partial charge in [-0.15, -0.1) is 0 Å². The number of benzene rings is 1. The van der Waals surface area contributed by atoms with Crippen molar-refractivity contribution in [2.75, 3.05) is 0 Å². The van der Waals surface area contributed by atoms with Gasteiger partial charge in [-0.1, -0.05) is 6.07 Å². The van der Waals surface area contributed by atoms with Gasteiger partial charge < -0.3 is 4.57 Å². The number of hydrogen-bond donors (Lipinski definition) is 1. The number of nitrogens with one attached hydrogen (secondary N) is 1. The van der Waals surface area contributed by atoms with Crippen molar-refractivity contribution in [1.29, 1.82) is 0 Å². The van der Waals surface area contributed by atoms with Crippen LogP contribution < -0.4 is 5.43 Å². The van der Waals surface area contributed by atoms with E-state index in [1.165, 1.54) is 18.3 Å². The van der Waals surface area contributed by atoms with E-state index >= 15 is 0 Å². The van der Waals surface area contributed by atoms with E-state index in [1.807, 2.05) is 26.8 Å². The lowest BCUT2D eigenvalue weighted by molar-refractivity contribution is -0.137. The van der Waals surface area contributed by atoms with Gasteiger partial charge >= 0.3 is 6.18 Å². The van der Waals surface area contributed by atoms with Crippen LogP contribution in [0.5, 0.6) is 0 Å². The molecule has 1 aromatic heterocycles. The predicted molar refractivity (Wildman–Crippen MR) is 86.1 cm³/mol. The fourth-order valence-corrected chi connectivity index (χ4v) is 2.51. The normalized spacial score (nSPS) is 11.9. The van der Waals surface area contributed by atoms with Gasteiger partial charge in [-0.25, -0.2) is 5.43 Å². The summed E-state index contributed by atoms with van der Waals surface area (Å²) >= 11 is 0. The average Bonchev–Trinajstić information content (AvgIpc) is 2.80. The van der Waals surface area contributed by atoms with Crippen molar-refractivity contribution in [3.63, 3.8) is 0 Å². The van der Waals surface area contributed by atoms with Gasteiger partial charge in [0.2, 0.25) is 0 Å². The van der Waals surface area contributed by atoms with Crippen molar-refractivity contribution in [2.45, 2.75) is 33.5 Å². The average molecular weight is 337 g/mol. The van der Waals surface area contributed by atoms with Crippen molar-refractivity contribution in [3.8, 4) is 0 Å². The monoisotopic (exact) mass is 337 g/mol. The number of carbonyl (C=O) groups excluding carboxylic acids is 1. The number of amides is 1. The highest BCUT2D eigenvalue weighted by molar-refractivity contribution is 5.95. The van der Waals surface area contributed by atoms with Gasteiger partial charge in [0.25, 0.3) is 5.91 Å². The van der Waals surface area contributed by atoms with Crippen LogP contribution in [0, 0.1) is 13.8 Å². The number of nitrogens with zero attached hydrogens (tertiary/aromatic N) is 2. The van der Waals surface area contributed by atoms with Crippen LogP contribution in [0.2, 0.25) is 0 Å². The van der Waals surface area contributed by atoms with E-state index in [9.17, 15) is 18.0 Å². The molecule has 1 aromatic carbocycles. The lowest BCUT2D eigenvalue weighted by atomic mass is 10.1. The summed E-state index contributed by atoms with van der Waals surface area (Å²) in [5.41, 5.74) is 4.21. The highest BCUT2D eigenvalue weighted by Crippen LogP contribution is 2.29. The second-order valence-corrected chi connectivity index (χ2v) is 5.35. The molecule has 0 fully saturated rings. The van der Waals surface area contributed by atoms with Crippen LogP contribution in [0.1, 0.15) is 39.8 Å². The quantitative estimate of drug-likeness (QED) is 0.667. The Labute approximate surface area is 138 Å². The number of alkyl halides is 3. The Morgan fingerprint density at radius 1 is 1.29 bits per heavy atom. The molecule has 0 aliphatic heterocycles. The Morgan fingerprint density at radius 3 is 2.58 bits per heavy atom. The third-order valence-corrected chi connectivity index (χ3v) is 3.75. The maximum absolute atomic E-state index is 12.7. The predicted octanol–water partition coefficient (Wildman–Crippen LogP) is 3.91. The number of aryl methyl sites for hydroxylation is 1. The molecule has 0 bridgehead atoms. The molecule has 0 spiro atoms. The van der Waals surface area contributed by atoms with Gasteiger partial charge in [-0.3, -0.25) is 4.79 Å². The zero-order chi connectivity index (χ0) is 17.9. The lowest BCUT2D eigenvalue weighted by Gasteiger charge is -2.07. The van der Waals surface area contributed by atoms with Crippen molar-refractivity contribution in [3.05, 3.63) is 58.4 Å². The summed E-state index contributed by atoms with van der Waals surface area (Å²) in [5.74, 6) is -0.693. The molecule has 0 aliphatic rings. The zero-order valence-electron chi connectivity index (χ0n) is 13.6. The number of carbonyl (C=O) groups is 1. The van der Waals surface area contributed by atoms with Crippen molar-refractivity contribution >= 4 is 12.1 Å². The topological polar surface area (TPSA) is 46.4 Å². The van der Waals surface area contributed by atoms with Crippen molar-refractivity contribution in [2.24, 2.45) is 5.10 Å². The SMILES string of the molecule is CCn1c(C)cc(/C=N\NC(=O)c2cccc(C(F)(F)F)c2)c1C. The van der Waals surface area contributed by atoms with Crippen LogP contribution in [0.3, 0.4) is 0 Å². The number of hydrogen-bond acceptors (Lipinski definition) is 2. The van der Waals surface area contributed by atoms with Gasteiger partial charge in [0.05, 0.1) is 11.8 Å². The third kappa shape index (κ3) is 3.84. The standard InChI is InChI=1S/C17H18F3N3O/c1-4-23-11(2)8-14(12(23)3)10-21-22-16(24)13-6-5-7-15(9-13)17(18,19)20/h5-10H,4H2,1-3H3,(H,22,24)/b21-10-. The first-order valence-corrected chi connectivity index (χ1v) is 7.41. The minimum atomic E-state index is -4.49. The van der Waals surface area contributed by atoms with E-state index in [0.717, 1.165) is 35.6 Å². The molecule has 0 radical (unpaired) electrons. The first-order chi connectivity index (χ1) is 11.2. The van der Waals surface area contributed by atoms with E-state index in [0.29, 0.717) is 0 Å². The first kappa shape index (κ1) is 17.8. The summed E-state index contributed by atoms with van der Waals surface area (Å²) in [5, 5.41) is 3.84. The minimum absolute atomic E-state index is 0.0963. The van der Waals surface area contributed by atoms with E-state index in [1.54, 1.807) is 0 Å². The lowest BCUT2D eigenvalue weighted by Crippen LogP contribution is -2.18. The Kier molecular flexibility index (Phi) is 5.11. The molecule has 4 nitrogen and oxygen atoms in total. The van der Waals surface area contributed by atoms with Crippen LogP contribution >= 0.6 is 0 Å². The largest absolute Gasteiger partial charge is 0.416 e. The number of rotatable bonds is 4. The second kappa shape index (κ2) is 6.90. The first-order valence-electron chi connectivity index (χ1n) is 7.41. The van der Waals surface area contributed by atoms with Crippen LogP contribution in [-0.2, 0) is 12.7 Å². The van der Waals surface area contributed by atoms with E-state index in [-0.39, 0.29) is 5.56 Å². The Balaban J connectivity index is 2.11. The van der Waals surface area contributed by atoms with E-state index < -0.39 is 17.6 Å². The molecule has 0 unspecified atom stereocenters. The molecule has 1 heterocycles. The van der Waals surface area contributed by atoms with Gasteiger partial charge in [0.15, 0.2) is 0 Å². The maximum Gasteiger partial charge on any atom is 0.416 e. The summed E-state index contributed by atoms with van der Waals surface area (Å²) in [6.07, 6.45) is -3.00. The van der Waals surface area contributed by atoms with Gasteiger partial charge in [-0.2, -0.15) is 18.3 Å². The number of halogens is 3. The van der Waals surface area contributed by atoms with Crippen molar-refractivity contribution < 1.29 is 18.0 Å². The minimum Gasteiger partial charge on any atom is -0.349 e. The molecule has 7 heteroatoms. The van der Waals surface area contributed by atoms with Crippen LogP contribution in [-0.4, -0.2) is 16.7 Å². The van der Waals surface area contributed by atoms with Crippen LogP contribution in [0.4, 0.5) is 13.2 Å². The van der Waals surface area contributed by atoms with Crippen LogP contribution in [0.15, 0.2) is 35.4 Å². The molecule has 1 N–H and O–H groups in total. The fraction of sp³-hybridized carbons (Fsp3) is 0.294. The van der Waals surface area contributed by atoms with Crippen LogP contribution in [0.25, 0.3) is 0 Å². The molecule has 1 amide bonds. The van der Waals surface area contributed by atoms with E-state index in [4.69, 9.17) is 0 Å². The highest BCUT2D eigenvalue weighted by atomic mass is 19.4. The molecule has 0 aliphatic carbocycles. The Morgan fingerprint density at radius 2 is 2.00 bits per heavy atom. The number of aromatic nitrogens is 1. The molecule has 2 rings (SSSR count). The molecule has 128 valence electrons. The summed E-state index contributed by atoms with van der Waals surface area (Å²) in [7, 11) is 0. The second-order valence-electron chi connectivity index (χ2n) is 5.35. The smallest absolute Gasteiger partial charge is 0.349 e. The summed E-state index contributed by atoms with van der Waals surface area (Å²) in [6.45, 7) is 6.75. The summed E-state index contributed by atoms with van der Waals surface area (Å²) in [6, 6.07) is 6.14. The Bertz CT molecular complexity index is 776. The molecule has 0 atom stereocenters. The van der Waals surface area contributed by atoms with Gasteiger partial charge in [-0.05, 0) is 45.0 Å². The van der Waals surface area contributed by atoms with Gasteiger partial charge in [0, 0.05) is 29.1 Å². The molecule has 24 heavy (non-hydrogen) atoms. The molecular weight excluding hydrogens is 319 g/mol. The number of hydrazone groups is 1. The molecule has 0 saturated carbocycles. The maximum atomic E-state index is 12.7. The van der Waals surface area contributed by atoms with Crippen molar-refractivity contribution in [1.82, 2.24) is 9.99 Å². The summed E-state index contributed by atoms with van der Waals surface area (Å²) < 4.78 is 40.1.